The van der Waals surface area contributed by atoms with E-state index < -0.39 is 0 Å². The van der Waals surface area contributed by atoms with Crippen LogP contribution >= 0.6 is 0 Å². The minimum absolute atomic E-state index is 0.0239. The molecule has 0 unspecified atom stereocenters. The Labute approximate surface area is 122 Å². The minimum atomic E-state index is -0.0239. The van der Waals surface area contributed by atoms with Crippen molar-refractivity contribution in [3.8, 4) is 5.88 Å². The smallest absolute Gasteiger partial charge is 0.235 e. The molecule has 0 N–H and O–H groups in total. The predicted molar refractivity (Wildman–Crippen MR) is 78.5 cm³/mol. The first-order valence-corrected chi connectivity index (χ1v) is 6.68. The zero-order valence-corrected chi connectivity index (χ0v) is 11.9. The summed E-state index contributed by atoms with van der Waals surface area (Å²) in [6.07, 6.45) is 1.58. The Bertz CT molecular complexity index is 794. The van der Waals surface area contributed by atoms with Crippen molar-refractivity contribution in [3.63, 3.8) is 0 Å². The third-order valence-corrected chi connectivity index (χ3v) is 3.31. The zero-order valence-electron chi connectivity index (χ0n) is 11.9. The van der Waals surface area contributed by atoms with Gasteiger partial charge in [0, 0.05) is 12.3 Å². The molecule has 0 amide bonds. The van der Waals surface area contributed by atoms with Crippen molar-refractivity contribution >= 4 is 11.4 Å². The van der Waals surface area contributed by atoms with Gasteiger partial charge in [0.2, 0.25) is 5.88 Å². The number of aryl methyl sites for hydroxylation is 1. The summed E-state index contributed by atoms with van der Waals surface area (Å²) in [7, 11) is 0. The van der Waals surface area contributed by atoms with E-state index in [9.17, 15) is 4.79 Å². The number of hydrogen-bond donors (Lipinski definition) is 0. The van der Waals surface area contributed by atoms with Crippen molar-refractivity contribution in [2.75, 3.05) is 0 Å². The summed E-state index contributed by atoms with van der Waals surface area (Å²) in [6.45, 7) is 3.81. The molecule has 0 saturated carbocycles. The number of carbonyl (C=O) groups excluding carboxylic acids is 1. The molecule has 5 nitrogen and oxygen atoms in total. The van der Waals surface area contributed by atoms with Gasteiger partial charge in [0.25, 0.3) is 0 Å². The van der Waals surface area contributed by atoms with E-state index in [4.69, 9.17) is 4.74 Å². The Balaban J connectivity index is 1.87. The fourth-order valence-electron chi connectivity index (χ4n) is 2.17. The van der Waals surface area contributed by atoms with Crippen LogP contribution in [0.4, 0.5) is 0 Å². The number of nitrogens with zero attached hydrogens (tertiary/aromatic N) is 3. The minimum Gasteiger partial charge on any atom is -0.472 e. The molecule has 0 aliphatic heterocycles. The number of carbonyl (C=O) groups is 1. The molecule has 5 heteroatoms. The van der Waals surface area contributed by atoms with Crippen molar-refractivity contribution in [3.05, 3.63) is 59.4 Å². The second-order valence-electron chi connectivity index (χ2n) is 4.84. The zero-order chi connectivity index (χ0) is 14.8. The molecule has 2 heterocycles. The van der Waals surface area contributed by atoms with Gasteiger partial charge in [0.05, 0.1) is 11.3 Å². The van der Waals surface area contributed by atoms with E-state index in [2.05, 4.69) is 10.1 Å². The van der Waals surface area contributed by atoms with E-state index >= 15 is 0 Å². The maximum absolute atomic E-state index is 11.5. The lowest BCUT2D eigenvalue weighted by Gasteiger charge is -2.03. The first-order valence-electron chi connectivity index (χ1n) is 6.68. The number of ether oxygens (including phenoxy) is 1. The van der Waals surface area contributed by atoms with Crippen molar-refractivity contribution in [1.29, 1.82) is 0 Å². The Kier molecular flexibility index (Phi) is 3.39. The summed E-state index contributed by atoms with van der Waals surface area (Å²) in [4.78, 5) is 15.8. The second kappa shape index (κ2) is 5.36. The molecule has 0 aliphatic rings. The Morgan fingerprint density at radius 1 is 1.29 bits per heavy atom. The third kappa shape index (κ3) is 2.63. The number of hydrogen-bond acceptors (Lipinski definition) is 4. The van der Waals surface area contributed by atoms with Crippen LogP contribution in [0.2, 0.25) is 0 Å². The summed E-state index contributed by atoms with van der Waals surface area (Å²) < 4.78 is 7.31. The SMILES string of the molecule is CC(=O)c1cnc2cc(OCc3ccccc3)nn2c1C. The highest BCUT2D eigenvalue weighted by molar-refractivity contribution is 5.95. The average molecular weight is 281 g/mol. The molecule has 106 valence electrons. The van der Waals surface area contributed by atoms with Gasteiger partial charge in [-0.05, 0) is 19.4 Å². The number of benzene rings is 1. The molecule has 2 aromatic heterocycles. The van der Waals surface area contributed by atoms with Gasteiger partial charge < -0.3 is 4.74 Å². The normalized spacial score (nSPS) is 10.8. The van der Waals surface area contributed by atoms with Crippen LogP contribution < -0.4 is 4.74 Å². The number of ketones is 1. The molecule has 0 fully saturated rings. The van der Waals surface area contributed by atoms with Crippen molar-refractivity contribution in [2.24, 2.45) is 0 Å². The molecule has 0 bridgehead atoms. The molecule has 0 aliphatic carbocycles. The topological polar surface area (TPSA) is 56.5 Å². The molecule has 21 heavy (non-hydrogen) atoms. The van der Waals surface area contributed by atoms with Crippen LogP contribution in [-0.2, 0) is 6.61 Å². The molecule has 1 aromatic carbocycles. The molecule has 0 radical (unpaired) electrons. The van der Waals surface area contributed by atoms with Gasteiger partial charge in [0.1, 0.15) is 6.61 Å². The standard InChI is InChI=1S/C16H15N3O2/c1-11-14(12(2)20)9-17-15-8-16(18-19(11)15)21-10-13-6-4-3-5-7-13/h3-9H,10H2,1-2H3. The quantitative estimate of drug-likeness (QED) is 0.690. The molecular formula is C16H15N3O2. The van der Waals surface area contributed by atoms with Crippen LogP contribution in [0.1, 0.15) is 28.5 Å². The monoisotopic (exact) mass is 281 g/mol. The molecule has 0 atom stereocenters. The third-order valence-electron chi connectivity index (χ3n) is 3.31. The van der Waals surface area contributed by atoms with E-state index in [-0.39, 0.29) is 5.78 Å². The Hall–Kier alpha value is -2.69. The molecule has 3 rings (SSSR count). The van der Waals surface area contributed by atoms with Crippen LogP contribution in [0.3, 0.4) is 0 Å². The molecule has 0 saturated heterocycles. The van der Waals surface area contributed by atoms with Crippen LogP contribution in [0.25, 0.3) is 5.65 Å². The van der Waals surface area contributed by atoms with Gasteiger partial charge in [-0.3, -0.25) is 4.79 Å². The summed E-state index contributed by atoms with van der Waals surface area (Å²) in [5.74, 6) is 0.472. The number of fused-ring (bicyclic) bond motifs is 1. The summed E-state index contributed by atoms with van der Waals surface area (Å²) in [5, 5.41) is 4.35. The van der Waals surface area contributed by atoms with Gasteiger partial charge in [-0.15, -0.1) is 5.10 Å². The van der Waals surface area contributed by atoms with E-state index in [1.807, 2.05) is 37.3 Å². The average Bonchev–Trinajstić information content (AvgIpc) is 2.90. The van der Waals surface area contributed by atoms with Gasteiger partial charge in [-0.2, -0.15) is 0 Å². The second-order valence-corrected chi connectivity index (χ2v) is 4.84. The van der Waals surface area contributed by atoms with Crippen molar-refractivity contribution in [1.82, 2.24) is 14.6 Å². The van der Waals surface area contributed by atoms with E-state index in [0.717, 1.165) is 11.3 Å². The highest BCUT2D eigenvalue weighted by Crippen LogP contribution is 2.17. The van der Waals surface area contributed by atoms with Gasteiger partial charge in [-0.25, -0.2) is 9.50 Å². The lowest BCUT2D eigenvalue weighted by Crippen LogP contribution is -2.05. The van der Waals surface area contributed by atoms with Crippen LogP contribution in [-0.4, -0.2) is 20.4 Å². The number of Topliss-reactive ketones (excluding diaryl/α,β-unsaturated/α-hetero) is 1. The molecule has 3 aromatic rings. The van der Waals surface area contributed by atoms with Crippen molar-refractivity contribution < 1.29 is 9.53 Å². The first-order chi connectivity index (χ1) is 10.1. The summed E-state index contributed by atoms with van der Waals surface area (Å²) in [6, 6.07) is 11.6. The van der Waals surface area contributed by atoms with E-state index in [1.54, 1.807) is 16.8 Å². The predicted octanol–water partition coefficient (Wildman–Crippen LogP) is 2.82. The highest BCUT2D eigenvalue weighted by atomic mass is 16.5. The summed E-state index contributed by atoms with van der Waals surface area (Å²) >= 11 is 0. The lowest BCUT2D eigenvalue weighted by atomic mass is 10.2. The number of rotatable bonds is 4. The fourth-order valence-corrected chi connectivity index (χ4v) is 2.17. The van der Waals surface area contributed by atoms with Crippen LogP contribution in [0.5, 0.6) is 5.88 Å². The van der Waals surface area contributed by atoms with Crippen LogP contribution in [0, 0.1) is 6.92 Å². The van der Waals surface area contributed by atoms with Gasteiger partial charge in [0.15, 0.2) is 11.4 Å². The number of aromatic nitrogens is 3. The summed E-state index contributed by atoms with van der Waals surface area (Å²) in [5.41, 5.74) is 3.08. The van der Waals surface area contributed by atoms with Gasteiger partial charge in [-0.1, -0.05) is 30.3 Å². The maximum Gasteiger partial charge on any atom is 0.235 e. The maximum atomic E-state index is 11.5. The van der Waals surface area contributed by atoms with Crippen LogP contribution in [0.15, 0.2) is 42.6 Å². The highest BCUT2D eigenvalue weighted by Gasteiger charge is 2.11. The molecule has 0 spiro atoms. The van der Waals surface area contributed by atoms with E-state index in [0.29, 0.717) is 23.7 Å². The fraction of sp³-hybridized carbons (Fsp3) is 0.188. The largest absolute Gasteiger partial charge is 0.472 e. The Morgan fingerprint density at radius 3 is 2.76 bits per heavy atom. The lowest BCUT2D eigenvalue weighted by molar-refractivity contribution is 0.101. The Morgan fingerprint density at radius 2 is 2.05 bits per heavy atom. The van der Waals surface area contributed by atoms with Gasteiger partial charge >= 0.3 is 0 Å². The molecular weight excluding hydrogens is 266 g/mol. The van der Waals surface area contributed by atoms with E-state index in [1.165, 1.54) is 6.92 Å². The van der Waals surface area contributed by atoms with Crippen molar-refractivity contribution in [2.45, 2.75) is 20.5 Å². The first kappa shape index (κ1) is 13.3.